The fourth-order valence-electron chi connectivity index (χ4n) is 6.95. The predicted octanol–water partition coefficient (Wildman–Crippen LogP) is 5.78. The zero-order chi connectivity index (χ0) is 35.8. The van der Waals surface area contributed by atoms with Crippen LogP contribution in [0.1, 0.15) is 25.5 Å². The molecule has 17 heteroatoms. The van der Waals surface area contributed by atoms with Gasteiger partial charge in [0.15, 0.2) is 5.65 Å². The predicted molar refractivity (Wildman–Crippen MR) is 179 cm³/mol. The summed E-state index contributed by atoms with van der Waals surface area (Å²) in [6.07, 6.45) is -2.37. The number of alkyl halides is 3. The van der Waals surface area contributed by atoms with E-state index in [-0.39, 0.29) is 52.9 Å². The summed E-state index contributed by atoms with van der Waals surface area (Å²) in [6.45, 7) is 7.13. The van der Waals surface area contributed by atoms with Gasteiger partial charge in [0.1, 0.15) is 17.5 Å². The van der Waals surface area contributed by atoms with Crippen molar-refractivity contribution in [2.24, 2.45) is 0 Å². The Bertz CT molecular complexity index is 2350. The second-order valence-electron chi connectivity index (χ2n) is 12.3. The molecule has 10 nitrogen and oxygen atoms in total. The van der Waals surface area contributed by atoms with E-state index < -0.39 is 69.0 Å². The monoisotopic (exact) mass is 731 g/mol. The van der Waals surface area contributed by atoms with E-state index in [4.69, 9.17) is 11.6 Å². The minimum atomic E-state index is -5.06. The van der Waals surface area contributed by atoms with Gasteiger partial charge in [-0.1, -0.05) is 24.2 Å². The molecular weight excluding hydrogens is 705 g/mol. The number of aromatic nitrogens is 5. The molecule has 5 heterocycles. The van der Waals surface area contributed by atoms with Gasteiger partial charge in [0.25, 0.3) is 0 Å². The number of anilines is 1. The van der Waals surface area contributed by atoms with Gasteiger partial charge >= 0.3 is 17.6 Å². The second-order valence-corrected chi connectivity index (χ2v) is 13.7. The molecule has 1 fully saturated rings. The summed E-state index contributed by atoms with van der Waals surface area (Å²) in [5.41, 5.74) is -3.53. The van der Waals surface area contributed by atoms with Crippen molar-refractivity contribution in [1.82, 2.24) is 28.6 Å². The Morgan fingerprint density at radius 1 is 1.06 bits per heavy atom. The molecule has 0 radical (unpaired) electrons. The standard InChI is InChI=1S/C33H27ClF5N7O3S/c1-4-26(47)45-16(2)12-42(13-17(45)3)30-20-9-21(33(37,38)39)27(19-10-22(34)24(36)11-23(19)35)29-28(20)44(31(48)40-30)14-18(15-50-29)46-32(49)43-8-6-5-7-25(43)41-46/h4-11,16-18H,1,12-15H2,2-3H3/t16-,17+,18-/m0/s1. The number of thioether (sulfide) groups is 1. The van der Waals surface area contributed by atoms with Crippen molar-refractivity contribution < 1.29 is 26.7 Å². The van der Waals surface area contributed by atoms with Crippen LogP contribution in [-0.4, -0.2) is 65.5 Å². The minimum absolute atomic E-state index is 0.0251. The van der Waals surface area contributed by atoms with Crippen LogP contribution in [0.4, 0.5) is 27.8 Å². The van der Waals surface area contributed by atoms with Crippen molar-refractivity contribution in [3.8, 4) is 11.1 Å². The summed E-state index contributed by atoms with van der Waals surface area (Å²) in [6, 6.07) is 5.22. The average Bonchev–Trinajstić information content (AvgIpc) is 3.26. The van der Waals surface area contributed by atoms with E-state index in [0.717, 1.165) is 23.9 Å². The lowest BCUT2D eigenvalue weighted by Gasteiger charge is -2.44. The largest absolute Gasteiger partial charge is 0.417 e. The van der Waals surface area contributed by atoms with Crippen LogP contribution in [0.15, 0.2) is 69.7 Å². The maximum Gasteiger partial charge on any atom is 0.417 e. The number of fused-ring (bicyclic) bond motifs is 1. The molecule has 2 aliphatic rings. The molecule has 2 aromatic carbocycles. The molecule has 3 atom stereocenters. The van der Waals surface area contributed by atoms with Gasteiger partial charge < -0.3 is 9.80 Å². The fourth-order valence-corrected chi connectivity index (χ4v) is 8.44. The Balaban J connectivity index is 1.52. The number of rotatable bonds is 4. The highest BCUT2D eigenvalue weighted by molar-refractivity contribution is 7.99. The summed E-state index contributed by atoms with van der Waals surface area (Å²) in [5.74, 6) is -2.88. The molecule has 0 bridgehead atoms. The summed E-state index contributed by atoms with van der Waals surface area (Å²) < 4.78 is 78.8. The first-order chi connectivity index (χ1) is 23.7. The molecule has 0 spiro atoms. The second kappa shape index (κ2) is 12.3. The number of carbonyl (C=O) groups is 1. The van der Waals surface area contributed by atoms with Crippen LogP contribution in [0.25, 0.3) is 27.7 Å². The highest BCUT2D eigenvalue weighted by Gasteiger charge is 2.41. The Hall–Kier alpha value is -4.70. The van der Waals surface area contributed by atoms with Gasteiger partial charge in [-0.25, -0.2) is 23.1 Å². The van der Waals surface area contributed by atoms with E-state index in [1.807, 2.05) is 0 Å². The lowest BCUT2D eigenvalue weighted by molar-refractivity contribution is -0.137. The first-order valence-electron chi connectivity index (χ1n) is 15.4. The Morgan fingerprint density at radius 3 is 2.44 bits per heavy atom. The third kappa shape index (κ3) is 5.44. The molecule has 1 amide bonds. The van der Waals surface area contributed by atoms with E-state index in [9.17, 15) is 18.8 Å². The molecule has 0 saturated carbocycles. The minimum Gasteiger partial charge on any atom is -0.352 e. The van der Waals surface area contributed by atoms with Gasteiger partial charge in [0.05, 0.1) is 28.7 Å². The molecule has 7 rings (SSSR count). The molecule has 50 heavy (non-hydrogen) atoms. The zero-order valence-corrected chi connectivity index (χ0v) is 28.0. The van der Waals surface area contributed by atoms with Gasteiger partial charge in [0.2, 0.25) is 5.91 Å². The lowest BCUT2D eigenvalue weighted by Crippen LogP contribution is -2.58. The molecule has 260 valence electrons. The number of pyridine rings is 1. The summed E-state index contributed by atoms with van der Waals surface area (Å²) in [4.78, 5) is 47.5. The SMILES string of the molecule is C=CC(=O)N1[C@H](C)CN(c2nc(=O)n3c4c(c(-c5cc(Cl)c(F)cc5F)c(C(F)(F)F)cc24)SC[C@@H](n2nc4ccccn4c2=O)C3)C[C@@H]1C. The van der Waals surface area contributed by atoms with Gasteiger partial charge in [-0.05, 0) is 44.2 Å². The molecule has 0 unspecified atom stereocenters. The number of hydrogen-bond donors (Lipinski definition) is 0. The van der Waals surface area contributed by atoms with Crippen LogP contribution in [0.5, 0.6) is 0 Å². The Kier molecular flexibility index (Phi) is 8.28. The number of halogens is 6. The third-order valence-electron chi connectivity index (χ3n) is 9.04. The van der Waals surface area contributed by atoms with Crippen molar-refractivity contribution in [3.05, 3.63) is 98.4 Å². The molecule has 0 aliphatic carbocycles. The van der Waals surface area contributed by atoms with Gasteiger partial charge in [-0.2, -0.15) is 18.2 Å². The molecular formula is C33H27ClF5N7O3S. The molecule has 0 N–H and O–H groups in total. The average molecular weight is 732 g/mol. The van der Waals surface area contributed by atoms with E-state index in [1.165, 1.54) is 25.9 Å². The van der Waals surface area contributed by atoms with Gasteiger partial charge in [-0.3, -0.25) is 13.8 Å². The molecule has 2 aliphatic heterocycles. The number of amides is 1. The molecule has 3 aromatic heterocycles. The van der Waals surface area contributed by atoms with E-state index in [1.54, 1.807) is 41.8 Å². The fraction of sp³-hybridized carbons (Fsp3) is 0.303. The van der Waals surface area contributed by atoms with Crippen molar-refractivity contribution in [2.75, 3.05) is 23.7 Å². The van der Waals surface area contributed by atoms with Crippen molar-refractivity contribution in [3.63, 3.8) is 0 Å². The molecule has 1 saturated heterocycles. The van der Waals surface area contributed by atoms with Crippen molar-refractivity contribution in [2.45, 2.75) is 49.6 Å². The van der Waals surface area contributed by atoms with E-state index in [0.29, 0.717) is 11.7 Å². The summed E-state index contributed by atoms with van der Waals surface area (Å²) in [7, 11) is 0. The van der Waals surface area contributed by atoms with Gasteiger partial charge in [0, 0.05) is 64.6 Å². The van der Waals surface area contributed by atoms with Crippen LogP contribution in [0, 0.1) is 11.6 Å². The Labute approximate surface area is 289 Å². The maximum absolute atomic E-state index is 15.5. The van der Waals surface area contributed by atoms with Gasteiger partial charge in [-0.15, -0.1) is 16.9 Å². The van der Waals surface area contributed by atoms with E-state index in [2.05, 4.69) is 16.7 Å². The number of piperazine rings is 1. The third-order valence-corrected chi connectivity index (χ3v) is 10.6. The maximum atomic E-state index is 15.5. The smallest absolute Gasteiger partial charge is 0.352 e. The molecule has 5 aromatic rings. The first kappa shape index (κ1) is 33.8. The lowest BCUT2D eigenvalue weighted by atomic mass is 9.95. The Morgan fingerprint density at radius 2 is 1.78 bits per heavy atom. The van der Waals surface area contributed by atoms with Crippen molar-refractivity contribution >= 4 is 51.6 Å². The van der Waals surface area contributed by atoms with Crippen LogP contribution in [-0.2, 0) is 17.5 Å². The van der Waals surface area contributed by atoms with Crippen LogP contribution >= 0.6 is 23.4 Å². The number of carbonyl (C=O) groups excluding carboxylic acids is 1. The van der Waals surface area contributed by atoms with Crippen LogP contribution < -0.4 is 16.3 Å². The highest BCUT2D eigenvalue weighted by atomic mass is 35.5. The summed E-state index contributed by atoms with van der Waals surface area (Å²) >= 11 is 6.88. The highest BCUT2D eigenvalue weighted by Crippen LogP contribution is 2.50. The number of benzene rings is 2. The normalized spacial score (nSPS) is 19.6. The van der Waals surface area contributed by atoms with E-state index >= 15 is 17.6 Å². The zero-order valence-electron chi connectivity index (χ0n) is 26.4. The number of nitrogens with zero attached hydrogens (tertiary/aromatic N) is 7. The number of hydrogen-bond acceptors (Lipinski definition) is 7. The summed E-state index contributed by atoms with van der Waals surface area (Å²) in [5, 5.41) is 3.76. The topological polar surface area (TPSA) is 97.7 Å². The van der Waals surface area contributed by atoms with Crippen LogP contribution in [0.3, 0.4) is 0 Å². The quantitative estimate of drug-likeness (QED) is 0.131. The van der Waals surface area contributed by atoms with Crippen molar-refractivity contribution in [1.29, 1.82) is 0 Å². The first-order valence-corrected chi connectivity index (χ1v) is 16.8. The van der Waals surface area contributed by atoms with Crippen LogP contribution in [0.2, 0.25) is 5.02 Å².